The molecule has 1 amide bonds. The second-order valence-electron chi connectivity index (χ2n) is 6.15. The Balaban J connectivity index is 1.66. The molecule has 5 heteroatoms. The molecule has 2 N–H and O–H groups in total. The van der Waals surface area contributed by atoms with E-state index in [1.54, 1.807) is 4.90 Å². The molecule has 0 aliphatic rings. The average Bonchev–Trinajstić information content (AvgIpc) is 2.69. The van der Waals surface area contributed by atoms with Crippen molar-refractivity contribution in [2.75, 3.05) is 18.1 Å². The van der Waals surface area contributed by atoms with Crippen LogP contribution < -0.4 is 10.6 Å². The normalized spacial score (nSPS) is 11.4. The lowest BCUT2D eigenvalue weighted by molar-refractivity contribution is -0.123. The van der Waals surface area contributed by atoms with E-state index in [4.69, 9.17) is 10.6 Å². The van der Waals surface area contributed by atoms with Gasteiger partial charge in [0.15, 0.2) is 6.61 Å². The number of carbonyl (C=O) groups is 1. The van der Waals surface area contributed by atoms with Crippen LogP contribution >= 0.6 is 0 Å². The molecular formula is C22H23N3O2. The summed E-state index contributed by atoms with van der Waals surface area (Å²) >= 11 is 0. The monoisotopic (exact) mass is 361 g/mol. The molecule has 3 aromatic carbocycles. The Bertz CT molecular complexity index is 933. The van der Waals surface area contributed by atoms with Gasteiger partial charge in [0.1, 0.15) is 5.84 Å². The van der Waals surface area contributed by atoms with Crippen LogP contribution in [0.1, 0.15) is 12.5 Å². The molecule has 3 aromatic rings. The average molecular weight is 361 g/mol. The highest BCUT2D eigenvalue weighted by molar-refractivity contribution is 6.04. The number of oxime groups is 1. The standard InChI is InChI=1S/C22H23N3O2/c1-2-25(20-14-8-12-18-11-6-7-13-19(18)20)22(26)16-27-24-21(23)15-17-9-4-3-5-10-17/h3-14H,2,15-16H2,1H3,(H2,23,24). The van der Waals surface area contributed by atoms with Gasteiger partial charge in [-0.15, -0.1) is 0 Å². The number of hydrogen-bond acceptors (Lipinski definition) is 3. The minimum absolute atomic E-state index is 0.160. The van der Waals surface area contributed by atoms with E-state index < -0.39 is 0 Å². The zero-order valence-electron chi connectivity index (χ0n) is 15.3. The molecule has 0 spiro atoms. The Labute approximate surface area is 159 Å². The molecular weight excluding hydrogens is 338 g/mol. The van der Waals surface area contributed by atoms with Crippen LogP contribution in [0.2, 0.25) is 0 Å². The molecule has 0 aliphatic heterocycles. The van der Waals surface area contributed by atoms with Gasteiger partial charge in [-0.3, -0.25) is 4.79 Å². The van der Waals surface area contributed by atoms with Crippen LogP contribution in [-0.2, 0) is 16.1 Å². The highest BCUT2D eigenvalue weighted by atomic mass is 16.6. The molecule has 0 saturated carbocycles. The number of anilines is 1. The van der Waals surface area contributed by atoms with E-state index in [0.717, 1.165) is 22.0 Å². The van der Waals surface area contributed by atoms with Crippen LogP contribution in [-0.4, -0.2) is 24.9 Å². The summed E-state index contributed by atoms with van der Waals surface area (Å²) < 4.78 is 0. The number of nitrogens with two attached hydrogens (primary N) is 1. The van der Waals surface area contributed by atoms with Crippen LogP contribution in [0.3, 0.4) is 0 Å². The van der Waals surface area contributed by atoms with E-state index in [-0.39, 0.29) is 12.5 Å². The first-order valence-electron chi connectivity index (χ1n) is 8.95. The van der Waals surface area contributed by atoms with Crippen molar-refractivity contribution in [3.05, 3.63) is 78.4 Å². The number of carbonyl (C=O) groups excluding carboxylic acids is 1. The molecule has 0 aliphatic carbocycles. The maximum Gasteiger partial charge on any atom is 0.267 e. The third-order valence-corrected chi connectivity index (χ3v) is 4.27. The van der Waals surface area contributed by atoms with Gasteiger partial charge in [0.05, 0.1) is 5.69 Å². The first-order chi connectivity index (χ1) is 13.2. The lowest BCUT2D eigenvalue weighted by atomic mass is 10.1. The number of amidine groups is 1. The van der Waals surface area contributed by atoms with Crippen LogP contribution in [0.25, 0.3) is 10.8 Å². The molecule has 27 heavy (non-hydrogen) atoms. The molecule has 3 rings (SSSR count). The maximum absolute atomic E-state index is 12.6. The molecule has 0 bridgehead atoms. The van der Waals surface area contributed by atoms with Gasteiger partial charge in [0.2, 0.25) is 0 Å². The minimum atomic E-state index is -0.162. The number of fused-ring (bicyclic) bond motifs is 1. The fourth-order valence-electron chi connectivity index (χ4n) is 3.01. The summed E-state index contributed by atoms with van der Waals surface area (Å²) in [4.78, 5) is 19.6. The Kier molecular flexibility index (Phi) is 6.05. The largest absolute Gasteiger partial charge is 0.384 e. The lowest BCUT2D eigenvalue weighted by Gasteiger charge is -2.22. The summed E-state index contributed by atoms with van der Waals surface area (Å²) in [6, 6.07) is 23.7. The first kappa shape index (κ1) is 18.5. The van der Waals surface area contributed by atoms with E-state index in [0.29, 0.717) is 18.8 Å². The second-order valence-corrected chi connectivity index (χ2v) is 6.15. The number of hydrogen-bond donors (Lipinski definition) is 1. The Morgan fingerprint density at radius 3 is 2.48 bits per heavy atom. The molecule has 0 radical (unpaired) electrons. The van der Waals surface area contributed by atoms with Crippen molar-refractivity contribution in [3.8, 4) is 0 Å². The summed E-state index contributed by atoms with van der Waals surface area (Å²) in [6.07, 6.45) is 0.482. The van der Waals surface area contributed by atoms with E-state index in [9.17, 15) is 4.79 Å². The zero-order chi connectivity index (χ0) is 19.1. The van der Waals surface area contributed by atoms with Gasteiger partial charge in [-0.1, -0.05) is 71.9 Å². The topological polar surface area (TPSA) is 67.9 Å². The molecule has 0 aromatic heterocycles. The van der Waals surface area contributed by atoms with Crippen molar-refractivity contribution in [2.24, 2.45) is 10.9 Å². The summed E-state index contributed by atoms with van der Waals surface area (Å²) in [5.41, 5.74) is 7.79. The molecule has 0 heterocycles. The van der Waals surface area contributed by atoms with Gasteiger partial charge in [-0.25, -0.2) is 0 Å². The van der Waals surface area contributed by atoms with Crippen LogP contribution in [0.5, 0.6) is 0 Å². The second kappa shape index (κ2) is 8.85. The smallest absolute Gasteiger partial charge is 0.267 e. The molecule has 0 saturated heterocycles. The fourth-order valence-corrected chi connectivity index (χ4v) is 3.01. The number of likely N-dealkylation sites (N-methyl/N-ethyl adjacent to an activating group) is 1. The van der Waals surface area contributed by atoms with E-state index >= 15 is 0 Å². The highest BCUT2D eigenvalue weighted by Crippen LogP contribution is 2.26. The van der Waals surface area contributed by atoms with Gasteiger partial charge in [0.25, 0.3) is 5.91 Å². The van der Waals surface area contributed by atoms with Gasteiger partial charge in [-0.2, -0.15) is 0 Å². The Morgan fingerprint density at radius 1 is 1.00 bits per heavy atom. The molecule has 0 atom stereocenters. The van der Waals surface area contributed by atoms with Gasteiger partial charge in [-0.05, 0) is 23.9 Å². The van der Waals surface area contributed by atoms with Gasteiger partial charge < -0.3 is 15.5 Å². The Morgan fingerprint density at radius 2 is 1.70 bits per heavy atom. The predicted octanol–water partition coefficient (Wildman–Crippen LogP) is 3.72. The fraction of sp³-hybridized carbons (Fsp3) is 0.182. The quantitative estimate of drug-likeness (QED) is 0.396. The predicted molar refractivity (Wildman–Crippen MR) is 110 cm³/mol. The summed E-state index contributed by atoms with van der Waals surface area (Å²) in [5.74, 6) is 0.173. The van der Waals surface area contributed by atoms with Crippen molar-refractivity contribution in [3.63, 3.8) is 0 Å². The van der Waals surface area contributed by atoms with Crippen molar-refractivity contribution >= 4 is 28.2 Å². The van der Waals surface area contributed by atoms with E-state index in [1.165, 1.54) is 0 Å². The lowest BCUT2D eigenvalue weighted by Crippen LogP contribution is -2.33. The van der Waals surface area contributed by atoms with Crippen molar-refractivity contribution in [2.45, 2.75) is 13.3 Å². The van der Waals surface area contributed by atoms with Crippen molar-refractivity contribution in [1.29, 1.82) is 0 Å². The first-order valence-corrected chi connectivity index (χ1v) is 8.95. The number of nitrogens with zero attached hydrogens (tertiary/aromatic N) is 2. The molecule has 0 unspecified atom stereocenters. The van der Waals surface area contributed by atoms with E-state index in [2.05, 4.69) is 5.16 Å². The third kappa shape index (κ3) is 4.64. The maximum atomic E-state index is 12.6. The van der Waals surface area contributed by atoms with Crippen LogP contribution in [0, 0.1) is 0 Å². The van der Waals surface area contributed by atoms with Crippen LogP contribution in [0.4, 0.5) is 5.69 Å². The minimum Gasteiger partial charge on any atom is -0.384 e. The molecule has 5 nitrogen and oxygen atoms in total. The summed E-state index contributed by atoms with van der Waals surface area (Å²) in [5, 5.41) is 6.00. The molecule has 0 fully saturated rings. The molecule has 138 valence electrons. The summed E-state index contributed by atoms with van der Waals surface area (Å²) in [6.45, 7) is 2.32. The van der Waals surface area contributed by atoms with Crippen LogP contribution in [0.15, 0.2) is 78.0 Å². The number of rotatable bonds is 7. The third-order valence-electron chi connectivity index (χ3n) is 4.27. The summed E-state index contributed by atoms with van der Waals surface area (Å²) in [7, 11) is 0. The number of benzene rings is 3. The number of amides is 1. The zero-order valence-corrected chi connectivity index (χ0v) is 15.3. The SMILES string of the molecule is CCN(C(=O)CO/N=C(/N)Cc1ccccc1)c1cccc2ccccc12. The van der Waals surface area contributed by atoms with Crippen molar-refractivity contribution < 1.29 is 9.63 Å². The van der Waals surface area contributed by atoms with Gasteiger partial charge >= 0.3 is 0 Å². The van der Waals surface area contributed by atoms with Crippen molar-refractivity contribution in [1.82, 2.24) is 0 Å². The van der Waals surface area contributed by atoms with Gasteiger partial charge in [0, 0.05) is 18.4 Å². The Hall–Kier alpha value is -3.34. The highest BCUT2D eigenvalue weighted by Gasteiger charge is 2.16. The van der Waals surface area contributed by atoms with E-state index in [1.807, 2.05) is 79.7 Å².